The number of carbonyl (C=O) groups is 2. The van der Waals surface area contributed by atoms with Crippen LogP contribution in [0.2, 0.25) is 0 Å². The lowest BCUT2D eigenvalue weighted by molar-refractivity contribution is -0.130. The maximum absolute atomic E-state index is 12.4. The van der Waals surface area contributed by atoms with E-state index in [1.807, 2.05) is 54.8 Å². The fourth-order valence-corrected chi connectivity index (χ4v) is 2.86. The quantitative estimate of drug-likeness (QED) is 0.534. The van der Waals surface area contributed by atoms with Gasteiger partial charge in [-0.05, 0) is 42.7 Å². The van der Waals surface area contributed by atoms with Gasteiger partial charge in [-0.1, -0.05) is 36.4 Å². The van der Waals surface area contributed by atoms with Crippen LogP contribution < -0.4 is 20.1 Å². The fourth-order valence-electron chi connectivity index (χ4n) is 2.39. The Morgan fingerprint density at radius 1 is 0.964 bits per heavy atom. The monoisotopic (exact) mass is 402 g/mol. The number of ether oxygens (including phenoxy) is 2. The molecule has 150 valence electrons. The molecule has 1 atom stereocenters. The van der Waals surface area contributed by atoms with E-state index in [4.69, 9.17) is 9.47 Å². The van der Waals surface area contributed by atoms with Gasteiger partial charge in [0.2, 0.25) is 5.91 Å². The topological polar surface area (TPSA) is 76.7 Å². The maximum Gasteiger partial charge on any atom is 0.258 e. The first-order chi connectivity index (χ1) is 13.7. The predicted octanol–water partition coefficient (Wildman–Crippen LogP) is 2.50. The van der Waals surface area contributed by atoms with E-state index in [9.17, 15) is 9.59 Å². The van der Waals surface area contributed by atoms with Crippen molar-refractivity contribution in [1.82, 2.24) is 10.6 Å². The van der Waals surface area contributed by atoms with Crippen molar-refractivity contribution in [2.75, 3.05) is 31.8 Å². The highest BCUT2D eigenvalue weighted by Crippen LogP contribution is 2.09. The van der Waals surface area contributed by atoms with Crippen molar-refractivity contribution >= 4 is 23.6 Å². The lowest BCUT2D eigenvalue weighted by Gasteiger charge is -2.18. The smallest absolute Gasteiger partial charge is 0.258 e. The molecule has 28 heavy (non-hydrogen) atoms. The van der Waals surface area contributed by atoms with E-state index in [2.05, 4.69) is 10.6 Å². The highest BCUT2D eigenvalue weighted by Gasteiger charge is 2.20. The van der Waals surface area contributed by atoms with Crippen LogP contribution in [0.15, 0.2) is 60.7 Å². The van der Waals surface area contributed by atoms with Crippen LogP contribution in [0.25, 0.3) is 0 Å². The van der Waals surface area contributed by atoms with Crippen molar-refractivity contribution < 1.29 is 19.1 Å². The molecule has 0 aliphatic rings. The molecule has 0 aromatic heterocycles. The van der Waals surface area contributed by atoms with Crippen LogP contribution in [-0.4, -0.2) is 49.6 Å². The van der Waals surface area contributed by atoms with Crippen LogP contribution in [0.1, 0.15) is 6.42 Å². The van der Waals surface area contributed by atoms with Crippen LogP contribution in [0.5, 0.6) is 11.5 Å². The van der Waals surface area contributed by atoms with Gasteiger partial charge in [0, 0.05) is 0 Å². The van der Waals surface area contributed by atoms with Crippen LogP contribution >= 0.6 is 11.8 Å². The van der Waals surface area contributed by atoms with Crippen LogP contribution in [0, 0.1) is 0 Å². The summed E-state index contributed by atoms with van der Waals surface area (Å²) >= 11 is 1.62. The molecule has 0 radical (unpaired) electrons. The zero-order chi connectivity index (χ0) is 20.0. The van der Waals surface area contributed by atoms with Gasteiger partial charge in [0.05, 0.1) is 6.54 Å². The molecule has 2 N–H and O–H groups in total. The summed E-state index contributed by atoms with van der Waals surface area (Å²) in [5.74, 6) is 1.57. The van der Waals surface area contributed by atoms with Gasteiger partial charge in [-0.2, -0.15) is 11.8 Å². The van der Waals surface area contributed by atoms with Gasteiger partial charge in [-0.25, -0.2) is 0 Å². The average Bonchev–Trinajstić information content (AvgIpc) is 2.74. The van der Waals surface area contributed by atoms with Gasteiger partial charge in [0.15, 0.2) is 6.61 Å². The zero-order valence-corrected chi connectivity index (χ0v) is 16.7. The van der Waals surface area contributed by atoms with E-state index in [0.717, 1.165) is 11.5 Å². The standard InChI is InChI=1S/C21H26N2O4S/c1-28-15-12-19(23-20(24)16-27-18-10-6-3-7-11-18)21(25)22-13-14-26-17-8-4-2-5-9-17/h2-11,19H,12-16H2,1H3,(H,22,25)(H,23,24)/t19-/m1/s1. The number of para-hydroxylation sites is 2. The van der Waals surface area contributed by atoms with E-state index < -0.39 is 6.04 Å². The van der Waals surface area contributed by atoms with E-state index in [0.29, 0.717) is 25.3 Å². The SMILES string of the molecule is CSCC[C@@H](NC(=O)COc1ccccc1)C(=O)NCCOc1ccccc1. The molecule has 6 nitrogen and oxygen atoms in total. The number of benzene rings is 2. The molecule has 0 bridgehead atoms. The van der Waals surface area contributed by atoms with Gasteiger partial charge in [-0.3, -0.25) is 9.59 Å². The lowest BCUT2D eigenvalue weighted by atomic mass is 10.2. The van der Waals surface area contributed by atoms with Crippen LogP contribution in [-0.2, 0) is 9.59 Å². The number of amides is 2. The van der Waals surface area contributed by atoms with E-state index in [1.165, 1.54) is 0 Å². The third-order valence-electron chi connectivity index (χ3n) is 3.79. The highest BCUT2D eigenvalue weighted by atomic mass is 32.2. The summed E-state index contributed by atoms with van der Waals surface area (Å²) in [6, 6.07) is 17.9. The summed E-state index contributed by atoms with van der Waals surface area (Å²) in [6.07, 6.45) is 2.51. The maximum atomic E-state index is 12.4. The number of nitrogens with one attached hydrogen (secondary N) is 2. The zero-order valence-electron chi connectivity index (χ0n) is 15.9. The summed E-state index contributed by atoms with van der Waals surface area (Å²) in [5, 5.41) is 5.56. The molecule has 0 saturated heterocycles. The third-order valence-corrected chi connectivity index (χ3v) is 4.43. The summed E-state index contributed by atoms with van der Waals surface area (Å²) in [4.78, 5) is 24.6. The minimum atomic E-state index is -0.601. The van der Waals surface area contributed by atoms with Gasteiger partial charge in [0.25, 0.3) is 5.91 Å². The lowest BCUT2D eigenvalue weighted by Crippen LogP contribution is -2.49. The minimum Gasteiger partial charge on any atom is -0.492 e. The largest absolute Gasteiger partial charge is 0.492 e. The highest BCUT2D eigenvalue weighted by molar-refractivity contribution is 7.98. The van der Waals surface area contributed by atoms with Crippen LogP contribution in [0.3, 0.4) is 0 Å². The first kappa shape index (κ1) is 21.6. The van der Waals surface area contributed by atoms with Crippen LogP contribution in [0.4, 0.5) is 0 Å². The summed E-state index contributed by atoms with van der Waals surface area (Å²) < 4.78 is 11.0. The van der Waals surface area contributed by atoms with E-state index in [-0.39, 0.29) is 18.4 Å². The average molecular weight is 403 g/mol. The molecule has 2 aromatic carbocycles. The molecule has 0 aliphatic heterocycles. The predicted molar refractivity (Wildman–Crippen MR) is 112 cm³/mol. The van der Waals surface area contributed by atoms with Gasteiger partial charge in [0.1, 0.15) is 24.1 Å². The Morgan fingerprint density at radius 3 is 2.18 bits per heavy atom. The molecule has 2 aromatic rings. The Bertz CT molecular complexity index is 713. The van der Waals surface area contributed by atoms with Crippen molar-refractivity contribution in [3.63, 3.8) is 0 Å². The molecule has 0 saturated carbocycles. The number of rotatable bonds is 12. The second-order valence-corrected chi connectivity index (χ2v) is 6.94. The molecular weight excluding hydrogens is 376 g/mol. The van der Waals surface area contributed by atoms with Crippen molar-refractivity contribution in [2.24, 2.45) is 0 Å². The van der Waals surface area contributed by atoms with Crippen molar-refractivity contribution in [3.8, 4) is 11.5 Å². The number of carbonyl (C=O) groups excluding carboxylic acids is 2. The molecule has 0 unspecified atom stereocenters. The Morgan fingerprint density at radius 2 is 1.57 bits per heavy atom. The second-order valence-electron chi connectivity index (χ2n) is 5.96. The summed E-state index contributed by atoms with van der Waals surface area (Å²) in [5.41, 5.74) is 0. The Hall–Kier alpha value is -2.67. The fraction of sp³-hybridized carbons (Fsp3) is 0.333. The van der Waals surface area contributed by atoms with E-state index >= 15 is 0 Å². The summed E-state index contributed by atoms with van der Waals surface area (Å²) in [7, 11) is 0. The molecule has 2 amide bonds. The van der Waals surface area contributed by atoms with Crippen molar-refractivity contribution in [3.05, 3.63) is 60.7 Å². The number of thioether (sulfide) groups is 1. The Labute approximate surface area is 170 Å². The molecule has 0 spiro atoms. The number of hydrogen-bond donors (Lipinski definition) is 2. The molecular formula is C21H26N2O4S. The third kappa shape index (κ3) is 8.35. The first-order valence-corrected chi connectivity index (χ1v) is 10.5. The van der Waals surface area contributed by atoms with E-state index in [1.54, 1.807) is 23.9 Å². The molecule has 0 fully saturated rings. The Kier molecular flexibility index (Phi) is 9.79. The van der Waals surface area contributed by atoms with Crippen molar-refractivity contribution in [2.45, 2.75) is 12.5 Å². The Balaban J connectivity index is 1.75. The minimum absolute atomic E-state index is 0.135. The number of hydrogen-bond acceptors (Lipinski definition) is 5. The van der Waals surface area contributed by atoms with Crippen molar-refractivity contribution in [1.29, 1.82) is 0 Å². The molecule has 2 rings (SSSR count). The second kappa shape index (κ2) is 12.7. The molecule has 7 heteroatoms. The van der Waals surface area contributed by atoms with Gasteiger partial charge >= 0.3 is 0 Å². The molecule has 0 aliphatic carbocycles. The first-order valence-electron chi connectivity index (χ1n) is 9.10. The molecule has 0 heterocycles. The van der Waals surface area contributed by atoms with Gasteiger partial charge in [-0.15, -0.1) is 0 Å². The normalized spacial score (nSPS) is 11.3. The van der Waals surface area contributed by atoms with Gasteiger partial charge < -0.3 is 20.1 Å². The summed E-state index contributed by atoms with van der Waals surface area (Å²) in [6.45, 7) is 0.583.